The van der Waals surface area contributed by atoms with E-state index in [2.05, 4.69) is 10.9 Å². The van der Waals surface area contributed by atoms with Crippen LogP contribution in [0.25, 0.3) is 0 Å². The third kappa shape index (κ3) is 2.50. The van der Waals surface area contributed by atoms with Crippen LogP contribution in [0.2, 0.25) is 0 Å². The maximum atomic E-state index is 11.8. The SMILES string of the molecule is CNNC(=O)c1cc(OC)c(C)c(C)c1OC. The summed E-state index contributed by atoms with van der Waals surface area (Å²) in [6.45, 7) is 3.82. The summed E-state index contributed by atoms with van der Waals surface area (Å²) in [4.78, 5) is 11.8. The number of methoxy groups -OCH3 is 2. The first kappa shape index (κ1) is 13.3. The molecule has 0 aromatic heterocycles. The molecular weight excluding hydrogens is 220 g/mol. The van der Waals surface area contributed by atoms with E-state index < -0.39 is 0 Å². The van der Waals surface area contributed by atoms with Gasteiger partial charge < -0.3 is 9.47 Å². The quantitative estimate of drug-likeness (QED) is 0.773. The normalized spacial score (nSPS) is 9.94. The average Bonchev–Trinajstić information content (AvgIpc) is 2.32. The van der Waals surface area contributed by atoms with Gasteiger partial charge in [-0.15, -0.1) is 0 Å². The Kier molecular flexibility index (Phi) is 4.34. The van der Waals surface area contributed by atoms with Gasteiger partial charge in [0, 0.05) is 7.05 Å². The van der Waals surface area contributed by atoms with Gasteiger partial charge in [0.1, 0.15) is 11.5 Å². The Hall–Kier alpha value is -1.75. The fraction of sp³-hybridized carbons (Fsp3) is 0.417. The molecule has 94 valence electrons. The van der Waals surface area contributed by atoms with Crippen LogP contribution in [0.5, 0.6) is 11.5 Å². The van der Waals surface area contributed by atoms with Crippen LogP contribution in [0.4, 0.5) is 0 Å². The topological polar surface area (TPSA) is 59.6 Å². The van der Waals surface area contributed by atoms with Crippen molar-refractivity contribution in [3.63, 3.8) is 0 Å². The average molecular weight is 238 g/mol. The molecule has 5 heteroatoms. The molecule has 1 aromatic rings. The van der Waals surface area contributed by atoms with Crippen molar-refractivity contribution in [1.29, 1.82) is 0 Å². The largest absolute Gasteiger partial charge is 0.496 e. The van der Waals surface area contributed by atoms with Gasteiger partial charge in [0.15, 0.2) is 0 Å². The third-order valence-corrected chi connectivity index (χ3v) is 2.70. The zero-order valence-corrected chi connectivity index (χ0v) is 10.8. The van der Waals surface area contributed by atoms with Gasteiger partial charge in [-0.1, -0.05) is 0 Å². The van der Waals surface area contributed by atoms with E-state index in [0.29, 0.717) is 17.1 Å². The monoisotopic (exact) mass is 238 g/mol. The van der Waals surface area contributed by atoms with Gasteiger partial charge in [-0.2, -0.15) is 0 Å². The molecule has 0 saturated heterocycles. The Morgan fingerprint density at radius 2 is 1.82 bits per heavy atom. The first-order valence-corrected chi connectivity index (χ1v) is 5.26. The maximum absolute atomic E-state index is 11.8. The van der Waals surface area contributed by atoms with E-state index >= 15 is 0 Å². The highest BCUT2D eigenvalue weighted by atomic mass is 16.5. The van der Waals surface area contributed by atoms with Crippen LogP contribution in [0.3, 0.4) is 0 Å². The summed E-state index contributed by atoms with van der Waals surface area (Å²) >= 11 is 0. The van der Waals surface area contributed by atoms with Gasteiger partial charge >= 0.3 is 0 Å². The summed E-state index contributed by atoms with van der Waals surface area (Å²) in [5, 5.41) is 0. The van der Waals surface area contributed by atoms with Crippen LogP contribution < -0.4 is 20.3 Å². The van der Waals surface area contributed by atoms with Gasteiger partial charge in [0.2, 0.25) is 0 Å². The minimum absolute atomic E-state index is 0.259. The number of benzene rings is 1. The van der Waals surface area contributed by atoms with Crippen LogP contribution in [0.1, 0.15) is 21.5 Å². The van der Waals surface area contributed by atoms with Crippen molar-refractivity contribution < 1.29 is 14.3 Å². The van der Waals surface area contributed by atoms with E-state index in [1.165, 1.54) is 0 Å². The van der Waals surface area contributed by atoms with E-state index in [0.717, 1.165) is 11.1 Å². The van der Waals surface area contributed by atoms with E-state index in [9.17, 15) is 4.79 Å². The molecule has 1 amide bonds. The number of amides is 1. The molecule has 0 unspecified atom stereocenters. The number of carbonyl (C=O) groups excluding carboxylic acids is 1. The lowest BCUT2D eigenvalue weighted by molar-refractivity contribution is 0.0934. The fourth-order valence-corrected chi connectivity index (χ4v) is 1.69. The van der Waals surface area contributed by atoms with Gasteiger partial charge in [0.25, 0.3) is 5.91 Å². The predicted molar refractivity (Wildman–Crippen MR) is 65.5 cm³/mol. The Morgan fingerprint density at radius 3 is 2.29 bits per heavy atom. The van der Waals surface area contributed by atoms with Crippen molar-refractivity contribution in [3.05, 3.63) is 22.8 Å². The second-order valence-corrected chi connectivity index (χ2v) is 3.61. The molecule has 0 saturated carbocycles. The van der Waals surface area contributed by atoms with Crippen LogP contribution in [-0.2, 0) is 0 Å². The number of rotatable bonds is 4. The fourth-order valence-electron chi connectivity index (χ4n) is 1.69. The Bertz CT molecular complexity index is 430. The third-order valence-electron chi connectivity index (χ3n) is 2.70. The molecule has 0 heterocycles. The van der Waals surface area contributed by atoms with Crippen LogP contribution in [-0.4, -0.2) is 27.2 Å². The standard InChI is InChI=1S/C12H18N2O3/c1-7-8(2)11(17-5)9(6-10(7)16-4)12(15)14-13-3/h6,13H,1-5H3,(H,14,15). The van der Waals surface area contributed by atoms with E-state index in [4.69, 9.17) is 9.47 Å². The lowest BCUT2D eigenvalue weighted by atomic mass is 10.0. The zero-order valence-electron chi connectivity index (χ0n) is 10.8. The van der Waals surface area contributed by atoms with E-state index in [1.54, 1.807) is 27.3 Å². The summed E-state index contributed by atoms with van der Waals surface area (Å²) in [5.41, 5.74) is 7.41. The highest BCUT2D eigenvalue weighted by Crippen LogP contribution is 2.33. The van der Waals surface area contributed by atoms with E-state index in [1.807, 2.05) is 13.8 Å². The smallest absolute Gasteiger partial charge is 0.269 e. The van der Waals surface area contributed by atoms with Crippen molar-refractivity contribution in [2.24, 2.45) is 0 Å². The zero-order chi connectivity index (χ0) is 13.0. The summed E-state index contributed by atoms with van der Waals surface area (Å²) in [7, 11) is 4.75. The number of hydrazine groups is 1. The first-order chi connectivity index (χ1) is 8.06. The Labute approximate surface area is 101 Å². The van der Waals surface area contributed by atoms with Crippen LogP contribution in [0, 0.1) is 13.8 Å². The summed E-state index contributed by atoms with van der Waals surface area (Å²) in [6, 6.07) is 1.67. The molecule has 17 heavy (non-hydrogen) atoms. The van der Waals surface area contributed by atoms with Gasteiger partial charge in [-0.05, 0) is 31.0 Å². The molecule has 0 atom stereocenters. The highest BCUT2D eigenvalue weighted by Gasteiger charge is 2.18. The minimum atomic E-state index is -0.259. The summed E-state index contributed by atoms with van der Waals surface area (Å²) < 4.78 is 10.5. The second kappa shape index (κ2) is 5.54. The lowest BCUT2D eigenvalue weighted by Crippen LogP contribution is -2.34. The number of nitrogens with one attached hydrogen (secondary N) is 2. The van der Waals surface area contributed by atoms with Crippen LogP contribution in [0.15, 0.2) is 6.07 Å². The molecule has 0 fully saturated rings. The van der Waals surface area contributed by atoms with Gasteiger partial charge in [-0.3, -0.25) is 10.2 Å². The Balaban J connectivity index is 3.37. The number of hydrogen-bond donors (Lipinski definition) is 2. The summed E-state index contributed by atoms with van der Waals surface area (Å²) in [6.07, 6.45) is 0. The molecule has 1 aromatic carbocycles. The van der Waals surface area contributed by atoms with Crippen molar-refractivity contribution in [3.8, 4) is 11.5 Å². The molecule has 0 aliphatic rings. The van der Waals surface area contributed by atoms with Gasteiger partial charge in [-0.25, -0.2) is 5.43 Å². The molecule has 0 spiro atoms. The number of carbonyl (C=O) groups is 1. The number of hydrogen-bond acceptors (Lipinski definition) is 4. The van der Waals surface area contributed by atoms with Crippen molar-refractivity contribution in [2.45, 2.75) is 13.8 Å². The highest BCUT2D eigenvalue weighted by molar-refractivity contribution is 5.97. The lowest BCUT2D eigenvalue weighted by Gasteiger charge is -2.16. The van der Waals surface area contributed by atoms with Crippen molar-refractivity contribution in [1.82, 2.24) is 10.9 Å². The minimum Gasteiger partial charge on any atom is -0.496 e. The second-order valence-electron chi connectivity index (χ2n) is 3.61. The van der Waals surface area contributed by atoms with Crippen molar-refractivity contribution in [2.75, 3.05) is 21.3 Å². The molecule has 0 aliphatic heterocycles. The molecule has 0 radical (unpaired) electrons. The molecule has 0 aliphatic carbocycles. The first-order valence-electron chi connectivity index (χ1n) is 5.26. The van der Waals surface area contributed by atoms with Gasteiger partial charge in [0.05, 0.1) is 19.8 Å². The Morgan fingerprint density at radius 1 is 1.18 bits per heavy atom. The van der Waals surface area contributed by atoms with E-state index in [-0.39, 0.29) is 5.91 Å². The summed E-state index contributed by atoms with van der Waals surface area (Å²) in [5.74, 6) is 0.978. The molecule has 5 nitrogen and oxygen atoms in total. The molecule has 0 bridgehead atoms. The molecular formula is C12H18N2O3. The molecule has 1 rings (SSSR count). The predicted octanol–water partition coefficient (Wildman–Crippen LogP) is 1.18. The van der Waals surface area contributed by atoms with Crippen LogP contribution >= 0.6 is 0 Å². The maximum Gasteiger partial charge on any atom is 0.269 e. The number of ether oxygens (including phenoxy) is 2. The molecule has 2 N–H and O–H groups in total. The van der Waals surface area contributed by atoms with Crippen molar-refractivity contribution >= 4 is 5.91 Å².